The van der Waals surface area contributed by atoms with Gasteiger partial charge in [0.2, 0.25) is 35.4 Å². The first-order valence-corrected chi connectivity index (χ1v) is 19.8. The molecule has 60 heavy (non-hydrogen) atoms. The van der Waals surface area contributed by atoms with E-state index in [1.807, 2.05) is 13.8 Å². The Bertz CT molecular complexity index is 1620. The smallest absolute Gasteiger partial charge is 0.322 e. The number of carbonyl (C=O) groups is 7. The lowest BCUT2D eigenvalue weighted by molar-refractivity contribution is -0.138. The monoisotopic (exact) mass is 848 g/mol. The number of guanidine groups is 2. The van der Waals surface area contributed by atoms with Crippen LogP contribution in [0, 0.1) is 11.8 Å². The van der Waals surface area contributed by atoms with E-state index in [0.717, 1.165) is 0 Å². The van der Waals surface area contributed by atoms with E-state index in [2.05, 4.69) is 41.9 Å². The number of benzene rings is 1. The summed E-state index contributed by atoms with van der Waals surface area (Å²) in [6, 6.07) is 0.978. The lowest BCUT2D eigenvalue weighted by Crippen LogP contribution is -2.60. The van der Waals surface area contributed by atoms with Crippen LogP contribution in [0.3, 0.4) is 0 Å². The van der Waals surface area contributed by atoms with Crippen molar-refractivity contribution in [1.29, 1.82) is 0 Å². The Morgan fingerprint density at radius 3 is 1.50 bits per heavy atom. The zero-order chi connectivity index (χ0) is 45.4. The molecule has 6 amide bonds. The number of rotatable bonds is 28. The van der Waals surface area contributed by atoms with Crippen LogP contribution in [0.25, 0.3) is 0 Å². The SMILES string of the molecule is CC(C)C[C@H](NC(=O)[C@H](CO)NC(=O)[C@H](Cc1ccccc1)NC(=O)[C@H](CCCN=C(N)N)NC(=O)[C@H](CCCN=C(N)N)NC(=O)[C@@H](N)CC(C)C)C(=O)NCC(=O)O. The molecule has 6 atom stereocenters. The van der Waals surface area contributed by atoms with Gasteiger partial charge in [-0.15, -0.1) is 0 Å². The Kier molecular flexibility index (Phi) is 23.9. The largest absolute Gasteiger partial charge is 0.480 e. The van der Waals surface area contributed by atoms with Gasteiger partial charge in [-0.25, -0.2) is 0 Å². The minimum absolute atomic E-state index is 0.0294. The molecule has 1 rings (SSSR count). The van der Waals surface area contributed by atoms with Gasteiger partial charge in [0, 0.05) is 19.5 Å². The van der Waals surface area contributed by atoms with Crippen LogP contribution in [0.5, 0.6) is 0 Å². The molecule has 22 heteroatoms. The fourth-order valence-electron chi connectivity index (χ4n) is 5.77. The Labute approximate surface area is 350 Å². The predicted molar refractivity (Wildman–Crippen MR) is 224 cm³/mol. The minimum Gasteiger partial charge on any atom is -0.480 e. The van der Waals surface area contributed by atoms with Crippen molar-refractivity contribution in [3.8, 4) is 0 Å². The third-order valence-corrected chi connectivity index (χ3v) is 8.70. The van der Waals surface area contributed by atoms with Crippen LogP contribution in [-0.2, 0) is 40.0 Å². The summed E-state index contributed by atoms with van der Waals surface area (Å²) >= 11 is 0. The van der Waals surface area contributed by atoms with Crippen molar-refractivity contribution < 1.29 is 43.8 Å². The highest BCUT2D eigenvalue weighted by Gasteiger charge is 2.33. The Balaban J connectivity index is 3.45. The molecule has 0 aromatic heterocycles. The van der Waals surface area contributed by atoms with E-state index in [1.54, 1.807) is 44.2 Å². The second kappa shape index (κ2) is 27.6. The summed E-state index contributed by atoms with van der Waals surface area (Å²) in [5.41, 5.74) is 28.5. The van der Waals surface area contributed by atoms with Crippen molar-refractivity contribution in [2.24, 2.45) is 50.5 Å². The molecule has 336 valence electrons. The van der Waals surface area contributed by atoms with Crippen molar-refractivity contribution in [2.75, 3.05) is 26.2 Å². The first kappa shape index (κ1) is 52.0. The molecule has 0 aliphatic carbocycles. The van der Waals surface area contributed by atoms with Gasteiger partial charge in [-0.3, -0.25) is 43.5 Å². The van der Waals surface area contributed by atoms with Gasteiger partial charge in [-0.2, -0.15) is 0 Å². The van der Waals surface area contributed by atoms with Gasteiger partial charge < -0.3 is 70.8 Å². The maximum absolute atomic E-state index is 14.1. The van der Waals surface area contributed by atoms with E-state index in [4.69, 9.17) is 33.8 Å². The molecular formula is C38H65N13O9. The van der Waals surface area contributed by atoms with Crippen molar-refractivity contribution in [2.45, 2.75) is 109 Å². The van der Waals surface area contributed by atoms with Crippen LogP contribution >= 0.6 is 0 Å². The molecule has 0 aliphatic rings. The first-order valence-electron chi connectivity index (χ1n) is 19.8. The van der Waals surface area contributed by atoms with Crippen LogP contribution in [0.1, 0.15) is 71.8 Å². The molecule has 18 N–H and O–H groups in total. The van der Waals surface area contributed by atoms with Gasteiger partial charge in [0.05, 0.1) is 12.6 Å². The third kappa shape index (κ3) is 21.6. The topological polar surface area (TPSA) is 387 Å². The van der Waals surface area contributed by atoms with Crippen LogP contribution in [0.4, 0.5) is 0 Å². The first-order chi connectivity index (χ1) is 28.2. The summed E-state index contributed by atoms with van der Waals surface area (Å²) in [5, 5.41) is 34.2. The van der Waals surface area contributed by atoms with Gasteiger partial charge in [-0.1, -0.05) is 58.0 Å². The van der Waals surface area contributed by atoms with E-state index in [1.165, 1.54) is 0 Å². The Morgan fingerprint density at radius 2 is 1.03 bits per heavy atom. The summed E-state index contributed by atoms with van der Waals surface area (Å²) in [6.45, 7) is 5.95. The average molecular weight is 848 g/mol. The van der Waals surface area contributed by atoms with E-state index in [-0.39, 0.29) is 75.4 Å². The number of nitrogens with zero attached hydrogens (tertiary/aromatic N) is 2. The molecule has 1 aromatic rings. The quantitative estimate of drug-likeness (QED) is 0.0220. The second-order valence-corrected chi connectivity index (χ2v) is 15.1. The molecule has 0 unspecified atom stereocenters. The number of aliphatic hydroxyl groups excluding tert-OH is 1. The van der Waals surface area contributed by atoms with Gasteiger partial charge >= 0.3 is 5.97 Å². The van der Waals surface area contributed by atoms with Gasteiger partial charge in [0.1, 0.15) is 36.8 Å². The summed E-state index contributed by atoms with van der Waals surface area (Å²) in [6.07, 6.45) is 0.842. The molecule has 0 bridgehead atoms. The number of carboxylic acids is 1. The molecule has 0 spiro atoms. The molecule has 0 radical (unpaired) electrons. The average Bonchev–Trinajstić information content (AvgIpc) is 3.16. The summed E-state index contributed by atoms with van der Waals surface area (Å²) in [4.78, 5) is 99.8. The molecule has 0 aliphatic heterocycles. The number of aliphatic hydroxyl groups is 1. The van der Waals surface area contributed by atoms with Crippen LogP contribution in [0.15, 0.2) is 40.3 Å². The highest BCUT2D eigenvalue weighted by Crippen LogP contribution is 2.10. The van der Waals surface area contributed by atoms with E-state index in [9.17, 15) is 38.7 Å². The van der Waals surface area contributed by atoms with E-state index >= 15 is 0 Å². The molecular weight excluding hydrogens is 782 g/mol. The summed E-state index contributed by atoms with van der Waals surface area (Å²) in [5.74, 6) is -6.45. The molecule has 0 fully saturated rings. The van der Waals surface area contributed by atoms with Crippen LogP contribution in [-0.4, -0.2) is 126 Å². The van der Waals surface area contributed by atoms with Crippen molar-refractivity contribution in [3.05, 3.63) is 35.9 Å². The number of aliphatic imine (C=N–C) groups is 2. The number of aliphatic carboxylic acids is 1. The van der Waals surface area contributed by atoms with Gasteiger partial charge in [0.15, 0.2) is 11.9 Å². The summed E-state index contributed by atoms with van der Waals surface area (Å²) < 4.78 is 0. The number of carboxylic acid groups (broad SMARTS) is 1. The normalized spacial score (nSPS) is 13.9. The predicted octanol–water partition coefficient (Wildman–Crippen LogP) is -3.63. The number of hydrogen-bond donors (Lipinski definition) is 13. The van der Waals surface area contributed by atoms with Crippen molar-refractivity contribution in [3.63, 3.8) is 0 Å². The van der Waals surface area contributed by atoms with E-state index < -0.39 is 90.8 Å². The molecule has 22 nitrogen and oxygen atoms in total. The summed E-state index contributed by atoms with van der Waals surface area (Å²) in [7, 11) is 0. The lowest BCUT2D eigenvalue weighted by atomic mass is 10.0. The molecule has 0 saturated carbocycles. The maximum atomic E-state index is 14.1. The Hall–Kier alpha value is -6.03. The number of carbonyl (C=O) groups excluding carboxylic acids is 6. The number of nitrogens with one attached hydrogen (secondary N) is 6. The van der Waals surface area contributed by atoms with E-state index in [0.29, 0.717) is 12.0 Å². The molecule has 1 aromatic carbocycles. The lowest BCUT2D eigenvalue weighted by Gasteiger charge is -2.27. The molecule has 0 heterocycles. The maximum Gasteiger partial charge on any atom is 0.322 e. The second-order valence-electron chi connectivity index (χ2n) is 15.1. The van der Waals surface area contributed by atoms with Crippen LogP contribution < -0.4 is 60.6 Å². The highest BCUT2D eigenvalue weighted by molar-refractivity contribution is 5.97. The minimum atomic E-state index is -1.60. The van der Waals surface area contributed by atoms with Crippen molar-refractivity contribution >= 4 is 53.3 Å². The van der Waals surface area contributed by atoms with Crippen LogP contribution in [0.2, 0.25) is 0 Å². The fraction of sp³-hybridized carbons (Fsp3) is 0.605. The third-order valence-electron chi connectivity index (χ3n) is 8.70. The number of amides is 6. The zero-order valence-electron chi connectivity index (χ0n) is 34.8. The fourth-order valence-corrected chi connectivity index (χ4v) is 5.77. The molecule has 0 saturated heterocycles. The zero-order valence-corrected chi connectivity index (χ0v) is 34.8. The van der Waals surface area contributed by atoms with Crippen molar-refractivity contribution in [1.82, 2.24) is 31.9 Å². The number of hydrogen-bond acceptors (Lipinski definition) is 11. The van der Waals surface area contributed by atoms with Gasteiger partial charge in [0.25, 0.3) is 0 Å². The standard InChI is InChI=1S/C38H65N13O9/c1-21(2)16-24(39)31(55)47-25(12-8-14-44-37(40)41)33(57)48-26(13-9-15-45-38(42)43)34(58)50-28(18-23-10-6-5-7-11-23)35(59)51-29(20-52)36(60)49-27(17-22(3)4)32(56)46-19-30(53)54/h5-7,10-11,21-22,24-29,52H,8-9,12-20,39H2,1-4H3,(H,46,56)(H,47,55)(H,48,57)(H,49,60)(H,50,58)(H,51,59)(H,53,54)(H4,40,41,44)(H4,42,43,45)/t24-,25-,26-,27-,28-,29-/m0/s1. The Morgan fingerprint density at radius 1 is 0.600 bits per heavy atom. The number of nitrogens with two attached hydrogens (primary N) is 5. The van der Waals surface area contributed by atoms with Gasteiger partial charge in [-0.05, 0) is 55.9 Å². The highest BCUT2D eigenvalue weighted by atomic mass is 16.4.